The second-order valence-electron chi connectivity index (χ2n) is 7.60. The van der Waals surface area contributed by atoms with E-state index in [9.17, 15) is 9.90 Å². The Bertz CT molecular complexity index is 882. The van der Waals surface area contributed by atoms with Crippen LogP contribution in [0.3, 0.4) is 0 Å². The number of nitrogens with zero attached hydrogens (tertiary/aromatic N) is 2. The summed E-state index contributed by atoms with van der Waals surface area (Å²) in [7, 11) is 3.17. The lowest BCUT2D eigenvalue weighted by atomic mass is 9.91. The summed E-state index contributed by atoms with van der Waals surface area (Å²) in [6.07, 6.45) is -1.43. The summed E-state index contributed by atoms with van der Waals surface area (Å²) in [6.45, 7) is 3.88. The molecule has 2 aromatic carbocycles. The molecule has 2 saturated heterocycles. The van der Waals surface area contributed by atoms with E-state index in [1.165, 1.54) is 4.90 Å². The number of cyclic esters (lactones) is 1. The molecule has 2 unspecified atom stereocenters. The molecular formula is C23H28N2O6. The molecule has 2 aliphatic rings. The summed E-state index contributed by atoms with van der Waals surface area (Å²) in [5.41, 5.74) is -0.423. The summed E-state index contributed by atoms with van der Waals surface area (Å²) in [5.74, 6) is 1.35. The number of carbonyl (C=O) groups excluding carboxylic acids is 1. The first-order valence-electron chi connectivity index (χ1n) is 10.4. The summed E-state index contributed by atoms with van der Waals surface area (Å²) in [4.78, 5) is 16.5. The molecule has 166 valence electrons. The molecule has 0 spiro atoms. The van der Waals surface area contributed by atoms with Gasteiger partial charge in [0.15, 0.2) is 6.10 Å². The lowest BCUT2D eigenvalue weighted by Crippen LogP contribution is -2.49. The number of aliphatic hydroxyl groups is 1. The van der Waals surface area contributed by atoms with Crippen molar-refractivity contribution < 1.29 is 28.8 Å². The highest BCUT2D eigenvalue weighted by molar-refractivity contribution is 5.72. The van der Waals surface area contributed by atoms with Gasteiger partial charge in [-0.05, 0) is 29.8 Å². The molecule has 8 heteroatoms. The van der Waals surface area contributed by atoms with E-state index in [1.54, 1.807) is 62.8 Å². The van der Waals surface area contributed by atoms with Gasteiger partial charge in [0, 0.05) is 31.7 Å². The average Bonchev–Trinajstić information content (AvgIpc) is 3.09. The molecule has 2 aliphatic heterocycles. The normalized spacial score (nSPS) is 24.2. The summed E-state index contributed by atoms with van der Waals surface area (Å²) >= 11 is 0. The first-order chi connectivity index (χ1) is 15.1. The number of hydrogen-bond acceptors (Lipinski definition) is 7. The lowest BCUT2D eigenvalue weighted by molar-refractivity contribution is -0.112. The highest BCUT2D eigenvalue weighted by Gasteiger charge is 2.56. The average molecular weight is 428 g/mol. The fraction of sp³-hybridized carbons (Fsp3) is 0.435. The number of benzene rings is 2. The molecule has 8 nitrogen and oxygen atoms in total. The van der Waals surface area contributed by atoms with Crippen molar-refractivity contribution >= 4 is 6.09 Å². The van der Waals surface area contributed by atoms with Crippen LogP contribution >= 0.6 is 0 Å². The van der Waals surface area contributed by atoms with Crippen molar-refractivity contribution in [2.75, 3.05) is 53.6 Å². The van der Waals surface area contributed by atoms with E-state index in [1.807, 2.05) is 0 Å². The van der Waals surface area contributed by atoms with Crippen molar-refractivity contribution in [3.63, 3.8) is 0 Å². The molecule has 0 bridgehead atoms. The van der Waals surface area contributed by atoms with Gasteiger partial charge < -0.3 is 24.1 Å². The SMILES string of the molecule is COc1ccc(C2OC(=O)N(CCN3CCOCC3)C2(O)c2ccc(OC)cc2)cc1. The van der Waals surface area contributed by atoms with E-state index < -0.39 is 17.9 Å². The molecule has 31 heavy (non-hydrogen) atoms. The maximum Gasteiger partial charge on any atom is 0.413 e. The molecule has 2 fully saturated rings. The van der Waals surface area contributed by atoms with Crippen molar-refractivity contribution in [1.82, 2.24) is 9.80 Å². The third kappa shape index (κ3) is 4.19. The minimum absolute atomic E-state index is 0.327. The number of ether oxygens (including phenoxy) is 4. The second kappa shape index (κ2) is 9.13. The van der Waals surface area contributed by atoms with E-state index >= 15 is 0 Å². The Morgan fingerprint density at radius 2 is 1.55 bits per heavy atom. The zero-order chi connectivity index (χ0) is 21.8. The number of hydrogen-bond donors (Lipinski definition) is 1. The van der Waals surface area contributed by atoms with Crippen LogP contribution in [0.5, 0.6) is 11.5 Å². The van der Waals surface area contributed by atoms with Gasteiger partial charge >= 0.3 is 6.09 Å². The Hall–Kier alpha value is -2.81. The summed E-state index contributed by atoms with van der Waals surface area (Å²) < 4.78 is 21.6. The molecule has 0 aromatic heterocycles. The van der Waals surface area contributed by atoms with Crippen molar-refractivity contribution in [1.29, 1.82) is 0 Å². The van der Waals surface area contributed by atoms with Gasteiger partial charge in [0.2, 0.25) is 5.72 Å². The lowest BCUT2D eigenvalue weighted by Gasteiger charge is -2.36. The molecule has 0 radical (unpaired) electrons. The second-order valence-corrected chi connectivity index (χ2v) is 7.60. The molecule has 0 saturated carbocycles. The summed E-state index contributed by atoms with van der Waals surface area (Å²) in [6, 6.07) is 14.2. The van der Waals surface area contributed by atoms with Crippen LogP contribution in [0.4, 0.5) is 4.79 Å². The maximum absolute atomic E-state index is 12.9. The molecule has 1 N–H and O–H groups in total. The third-order valence-electron chi connectivity index (χ3n) is 5.89. The first-order valence-corrected chi connectivity index (χ1v) is 10.4. The van der Waals surface area contributed by atoms with E-state index in [2.05, 4.69) is 4.90 Å². The molecule has 1 amide bonds. The standard InChI is InChI=1S/C23H28N2O6/c1-28-19-7-3-17(4-8-19)21-23(27,18-5-9-20(29-2)10-6-18)25(22(26)31-21)12-11-24-13-15-30-16-14-24/h3-10,21,27H,11-16H2,1-2H3. The van der Waals surface area contributed by atoms with Crippen LogP contribution in [0.25, 0.3) is 0 Å². The van der Waals surface area contributed by atoms with E-state index in [-0.39, 0.29) is 0 Å². The largest absolute Gasteiger partial charge is 0.497 e. The fourth-order valence-corrected chi connectivity index (χ4v) is 4.08. The van der Waals surface area contributed by atoms with Gasteiger partial charge in [-0.1, -0.05) is 24.3 Å². The predicted octanol–water partition coefficient (Wildman–Crippen LogP) is 2.37. The van der Waals surface area contributed by atoms with Gasteiger partial charge in [-0.15, -0.1) is 0 Å². The maximum atomic E-state index is 12.9. The number of carbonyl (C=O) groups is 1. The van der Waals surface area contributed by atoms with Crippen molar-refractivity contribution in [2.24, 2.45) is 0 Å². The minimum Gasteiger partial charge on any atom is -0.497 e. The Labute approximate surface area is 181 Å². The number of amides is 1. The van der Waals surface area contributed by atoms with Crippen LogP contribution in [-0.4, -0.2) is 74.6 Å². The number of morpholine rings is 1. The van der Waals surface area contributed by atoms with Crippen molar-refractivity contribution in [2.45, 2.75) is 11.8 Å². The molecule has 4 rings (SSSR count). The van der Waals surface area contributed by atoms with E-state index in [0.29, 0.717) is 48.9 Å². The Kier molecular flexibility index (Phi) is 6.31. The van der Waals surface area contributed by atoms with Gasteiger partial charge in [-0.3, -0.25) is 9.80 Å². The van der Waals surface area contributed by atoms with Gasteiger partial charge in [0.05, 0.1) is 27.4 Å². The van der Waals surface area contributed by atoms with Gasteiger partial charge in [0.25, 0.3) is 0 Å². The zero-order valence-corrected chi connectivity index (χ0v) is 17.8. The topological polar surface area (TPSA) is 80.7 Å². The van der Waals surface area contributed by atoms with Gasteiger partial charge in [-0.25, -0.2) is 4.79 Å². The van der Waals surface area contributed by atoms with Crippen molar-refractivity contribution in [3.05, 3.63) is 59.7 Å². The summed E-state index contributed by atoms with van der Waals surface area (Å²) in [5, 5.41) is 12.0. The highest BCUT2D eigenvalue weighted by Crippen LogP contribution is 2.47. The number of rotatable bonds is 7. The van der Waals surface area contributed by atoms with Crippen LogP contribution in [-0.2, 0) is 15.2 Å². The first kappa shape index (κ1) is 21.4. The Morgan fingerprint density at radius 1 is 0.968 bits per heavy atom. The molecule has 2 heterocycles. The van der Waals surface area contributed by atoms with Crippen LogP contribution in [0.1, 0.15) is 17.2 Å². The quantitative estimate of drug-likeness (QED) is 0.725. The Morgan fingerprint density at radius 3 is 2.13 bits per heavy atom. The van der Waals surface area contributed by atoms with Crippen LogP contribution in [0.2, 0.25) is 0 Å². The zero-order valence-electron chi connectivity index (χ0n) is 17.8. The van der Waals surface area contributed by atoms with E-state index in [4.69, 9.17) is 18.9 Å². The van der Waals surface area contributed by atoms with Crippen LogP contribution < -0.4 is 9.47 Å². The number of methoxy groups -OCH3 is 2. The monoisotopic (exact) mass is 428 g/mol. The third-order valence-corrected chi connectivity index (χ3v) is 5.89. The molecular weight excluding hydrogens is 400 g/mol. The van der Waals surface area contributed by atoms with Gasteiger partial charge in [0.1, 0.15) is 11.5 Å². The van der Waals surface area contributed by atoms with Crippen LogP contribution in [0.15, 0.2) is 48.5 Å². The van der Waals surface area contributed by atoms with Crippen LogP contribution in [0, 0.1) is 0 Å². The van der Waals surface area contributed by atoms with E-state index in [0.717, 1.165) is 13.1 Å². The van der Waals surface area contributed by atoms with Gasteiger partial charge in [-0.2, -0.15) is 0 Å². The smallest absolute Gasteiger partial charge is 0.413 e. The molecule has 2 aromatic rings. The van der Waals surface area contributed by atoms with Crippen molar-refractivity contribution in [3.8, 4) is 11.5 Å². The minimum atomic E-state index is -1.66. The molecule has 0 aliphatic carbocycles. The Balaban J connectivity index is 1.66. The molecule has 2 atom stereocenters. The predicted molar refractivity (Wildman–Crippen MR) is 113 cm³/mol. The fourth-order valence-electron chi connectivity index (χ4n) is 4.08. The highest BCUT2D eigenvalue weighted by atomic mass is 16.6.